The number of carbonyl (C=O) groups is 2. The largest absolute Gasteiger partial charge is 0.417 e. The summed E-state index contributed by atoms with van der Waals surface area (Å²) in [6.07, 6.45) is -5.85. The van der Waals surface area contributed by atoms with Gasteiger partial charge in [-0.1, -0.05) is 0 Å². The summed E-state index contributed by atoms with van der Waals surface area (Å²) in [6.45, 7) is 1.15. The van der Waals surface area contributed by atoms with Crippen LogP contribution in [0, 0.1) is 23.2 Å². The molecule has 3 heterocycles. The van der Waals surface area contributed by atoms with Crippen molar-refractivity contribution in [3.05, 3.63) is 29.3 Å². The molecule has 2 bridgehead atoms. The second kappa shape index (κ2) is 6.01. The Kier molecular flexibility index (Phi) is 4.11. The van der Waals surface area contributed by atoms with Crippen molar-refractivity contribution in [1.82, 2.24) is 0 Å². The molecule has 154 valence electrons. The highest BCUT2D eigenvalue weighted by atomic mass is 19.4. The number of hydrogen-bond donors (Lipinski definition) is 2. The lowest BCUT2D eigenvalue weighted by Gasteiger charge is -2.33. The number of anilines is 1. The first-order valence-corrected chi connectivity index (χ1v) is 8.98. The van der Waals surface area contributed by atoms with Crippen LogP contribution in [0.2, 0.25) is 0 Å². The maximum atomic E-state index is 13.3. The molecule has 3 aliphatic rings. The summed E-state index contributed by atoms with van der Waals surface area (Å²) in [5, 5.41) is 28.8. The standard InChI is InChI=1S/C19H17F3N2O5/c1-17-12(26)7-18(29-17,4-5-25)14-13(17)15(27)24(16(14)28)10-3-2-9(8-23)11(6-10)19(20,21)22/h2-3,6,12-14,25-26H,4-5,7H2,1H3/t12?,13-,14+,17?,18?/m1/s1. The molecule has 2 N–H and O–H groups in total. The first-order chi connectivity index (χ1) is 13.5. The second-order valence-electron chi connectivity index (χ2n) is 7.85. The van der Waals surface area contributed by atoms with Crippen LogP contribution >= 0.6 is 0 Å². The highest BCUT2D eigenvalue weighted by Crippen LogP contribution is 2.62. The first-order valence-electron chi connectivity index (χ1n) is 8.98. The maximum Gasteiger partial charge on any atom is 0.417 e. The van der Waals surface area contributed by atoms with Gasteiger partial charge in [-0.2, -0.15) is 18.4 Å². The normalized spacial score (nSPS) is 35.9. The van der Waals surface area contributed by atoms with E-state index in [1.807, 2.05) is 0 Å². The monoisotopic (exact) mass is 410 g/mol. The van der Waals surface area contributed by atoms with Crippen molar-refractivity contribution in [2.45, 2.75) is 43.2 Å². The molecule has 3 unspecified atom stereocenters. The number of fused-ring (bicyclic) bond motifs is 5. The SMILES string of the molecule is CC12OC(CCO)(CC1O)[C@@H]1C(=O)N(c3ccc(C#N)c(C(F)(F)F)c3)C(=O)[C@@H]12. The zero-order chi connectivity index (χ0) is 21.4. The molecule has 3 aliphatic heterocycles. The Morgan fingerprint density at radius 2 is 1.97 bits per heavy atom. The molecule has 0 saturated carbocycles. The van der Waals surface area contributed by atoms with Crippen molar-refractivity contribution in [2.24, 2.45) is 11.8 Å². The van der Waals surface area contributed by atoms with E-state index in [2.05, 4.69) is 0 Å². The summed E-state index contributed by atoms with van der Waals surface area (Å²) in [5.74, 6) is -3.59. The van der Waals surface area contributed by atoms with Crippen LogP contribution in [0.4, 0.5) is 18.9 Å². The molecular formula is C19H17F3N2O5. The van der Waals surface area contributed by atoms with Gasteiger partial charge in [0.15, 0.2) is 0 Å². The summed E-state index contributed by atoms with van der Waals surface area (Å²) in [6, 6.07) is 4.09. The molecule has 1 aromatic rings. The number of rotatable bonds is 3. The Balaban J connectivity index is 1.81. The Morgan fingerprint density at radius 1 is 1.31 bits per heavy atom. The van der Waals surface area contributed by atoms with E-state index < -0.39 is 58.3 Å². The van der Waals surface area contributed by atoms with Gasteiger partial charge < -0.3 is 14.9 Å². The fraction of sp³-hybridized carbons (Fsp3) is 0.526. The molecule has 2 amide bonds. The van der Waals surface area contributed by atoms with Gasteiger partial charge >= 0.3 is 6.18 Å². The number of amides is 2. The number of hydrogen-bond acceptors (Lipinski definition) is 6. The van der Waals surface area contributed by atoms with Gasteiger partial charge in [0.05, 0.1) is 46.4 Å². The van der Waals surface area contributed by atoms with E-state index in [1.54, 1.807) is 0 Å². The molecule has 5 atom stereocenters. The van der Waals surface area contributed by atoms with E-state index in [-0.39, 0.29) is 25.1 Å². The average Bonchev–Trinajstić information content (AvgIpc) is 3.16. The number of benzene rings is 1. The summed E-state index contributed by atoms with van der Waals surface area (Å²) >= 11 is 0. The number of nitrogens with zero attached hydrogens (tertiary/aromatic N) is 2. The number of alkyl halides is 3. The van der Waals surface area contributed by atoms with E-state index >= 15 is 0 Å². The fourth-order valence-electron chi connectivity index (χ4n) is 5.07. The topological polar surface area (TPSA) is 111 Å². The van der Waals surface area contributed by atoms with E-state index in [1.165, 1.54) is 13.0 Å². The van der Waals surface area contributed by atoms with E-state index in [9.17, 15) is 33.0 Å². The minimum atomic E-state index is -4.84. The molecule has 7 nitrogen and oxygen atoms in total. The molecule has 10 heteroatoms. The van der Waals surface area contributed by atoms with Gasteiger partial charge in [0, 0.05) is 19.4 Å². The molecule has 0 aliphatic carbocycles. The van der Waals surface area contributed by atoms with Crippen molar-refractivity contribution >= 4 is 17.5 Å². The molecule has 4 rings (SSSR count). The summed E-state index contributed by atoms with van der Waals surface area (Å²) in [5.41, 5.74) is -4.79. The Morgan fingerprint density at radius 3 is 2.55 bits per heavy atom. The molecule has 0 aromatic heterocycles. The highest BCUT2D eigenvalue weighted by molar-refractivity contribution is 6.23. The van der Waals surface area contributed by atoms with Crippen LogP contribution in [0.15, 0.2) is 18.2 Å². The number of imide groups is 1. The van der Waals surface area contributed by atoms with E-state index in [0.29, 0.717) is 11.0 Å². The molecule has 3 saturated heterocycles. The van der Waals surface area contributed by atoms with Crippen LogP contribution in [0.5, 0.6) is 0 Å². The molecule has 29 heavy (non-hydrogen) atoms. The van der Waals surface area contributed by atoms with Gasteiger partial charge in [0.25, 0.3) is 0 Å². The minimum absolute atomic E-state index is 0.00878. The first kappa shape index (κ1) is 19.8. The minimum Gasteiger partial charge on any atom is -0.396 e. The van der Waals surface area contributed by atoms with Crippen molar-refractivity contribution in [1.29, 1.82) is 5.26 Å². The molecular weight excluding hydrogens is 393 g/mol. The number of ether oxygens (including phenoxy) is 1. The summed E-state index contributed by atoms with van der Waals surface area (Å²) in [4.78, 5) is 26.9. The van der Waals surface area contributed by atoms with E-state index in [4.69, 9.17) is 10.00 Å². The van der Waals surface area contributed by atoms with Crippen molar-refractivity contribution < 1.29 is 37.7 Å². The molecule has 3 fully saturated rings. The van der Waals surface area contributed by atoms with Gasteiger partial charge in [0.1, 0.15) is 5.60 Å². The third-order valence-electron chi connectivity index (χ3n) is 6.34. The van der Waals surface area contributed by atoms with Crippen LogP contribution < -0.4 is 4.90 Å². The summed E-state index contributed by atoms with van der Waals surface area (Å²) in [7, 11) is 0. The number of nitriles is 1. The van der Waals surface area contributed by atoms with Crippen LogP contribution in [0.3, 0.4) is 0 Å². The lowest BCUT2D eigenvalue weighted by molar-refractivity contribution is -0.138. The van der Waals surface area contributed by atoms with Crippen molar-refractivity contribution in [3.8, 4) is 6.07 Å². The Labute approximate surface area is 163 Å². The number of carbonyl (C=O) groups excluding carboxylic acids is 2. The zero-order valence-electron chi connectivity index (χ0n) is 15.2. The Bertz CT molecular complexity index is 958. The molecule has 0 spiro atoms. The number of aliphatic hydroxyl groups excluding tert-OH is 2. The maximum absolute atomic E-state index is 13.3. The smallest absolute Gasteiger partial charge is 0.396 e. The van der Waals surface area contributed by atoms with Gasteiger partial charge in [0.2, 0.25) is 11.8 Å². The Hall–Kier alpha value is -2.48. The number of halogens is 3. The predicted octanol–water partition coefficient (Wildman–Crippen LogP) is 1.36. The van der Waals surface area contributed by atoms with Crippen LogP contribution in [0.25, 0.3) is 0 Å². The lowest BCUT2D eigenvalue weighted by Crippen LogP contribution is -2.49. The average molecular weight is 410 g/mol. The zero-order valence-corrected chi connectivity index (χ0v) is 15.2. The quantitative estimate of drug-likeness (QED) is 0.728. The predicted molar refractivity (Wildman–Crippen MR) is 90.2 cm³/mol. The number of aliphatic hydroxyl groups is 2. The lowest BCUT2D eigenvalue weighted by atomic mass is 9.66. The van der Waals surface area contributed by atoms with Gasteiger partial charge in [-0.25, -0.2) is 4.90 Å². The fourth-order valence-corrected chi connectivity index (χ4v) is 5.07. The third kappa shape index (κ3) is 2.48. The summed E-state index contributed by atoms with van der Waals surface area (Å²) < 4.78 is 45.8. The van der Waals surface area contributed by atoms with Gasteiger partial charge in [-0.3, -0.25) is 9.59 Å². The van der Waals surface area contributed by atoms with Crippen molar-refractivity contribution in [3.63, 3.8) is 0 Å². The van der Waals surface area contributed by atoms with Crippen molar-refractivity contribution in [2.75, 3.05) is 11.5 Å². The highest BCUT2D eigenvalue weighted by Gasteiger charge is 2.76. The van der Waals surface area contributed by atoms with Gasteiger partial charge in [-0.05, 0) is 25.1 Å². The molecule has 1 aromatic carbocycles. The van der Waals surface area contributed by atoms with Crippen LogP contribution in [-0.4, -0.2) is 45.9 Å². The molecule has 0 radical (unpaired) electrons. The third-order valence-corrected chi connectivity index (χ3v) is 6.34. The van der Waals surface area contributed by atoms with Crippen LogP contribution in [-0.2, 0) is 20.5 Å². The second-order valence-corrected chi connectivity index (χ2v) is 7.85. The van der Waals surface area contributed by atoms with Gasteiger partial charge in [-0.15, -0.1) is 0 Å². The van der Waals surface area contributed by atoms with E-state index in [0.717, 1.165) is 12.1 Å². The van der Waals surface area contributed by atoms with Crippen LogP contribution in [0.1, 0.15) is 30.9 Å².